The molecule has 0 spiro atoms. The third kappa shape index (κ3) is 4.65. The molecule has 112 valence electrons. The number of halogens is 2. The van der Waals surface area contributed by atoms with Gasteiger partial charge in [0.1, 0.15) is 0 Å². The molecule has 0 radical (unpaired) electrons. The van der Waals surface area contributed by atoms with Crippen LogP contribution in [0.2, 0.25) is 5.02 Å². The van der Waals surface area contributed by atoms with Gasteiger partial charge in [0.05, 0.1) is 5.92 Å². The molecule has 1 heterocycles. The first-order valence-corrected chi connectivity index (χ1v) is 7.23. The predicted octanol–water partition coefficient (Wildman–Crippen LogP) is 3.12. The third-order valence-electron chi connectivity index (χ3n) is 3.71. The first-order chi connectivity index (χ1) is 9.06. The molecule has 1 amide bonds. The fourth-order valence-corrected chi connectivity index (χ4v) is 2.72. The molecule has 1 aliphatic rings. The van der Waals surface area contributed by atoms with Crippen LogP contribution in [-0.2, 0) is 4.79 Å². The van der Waals surface area contributed by atoms with E-state index in [9.17, 15) is 4.79 Å². The number of piperidine rings is 1. The lowest BCUT2D eigenvalue weighted by Crippen LogP contribution is -2.47. The molecule has 3 atom stereocenters. The van der Waals surface area contributed by atoms with Gasteiger partial charge in [0.25, 0.3) is 0 Å². The minimum Gasteiger partial charge on any atom is -0.353 e. The van der Waals surface area contributed by atoms with Crippen molar-refractivity contribution in [3.05, 3.63) is 34.9 Å². The normalized spacial score (nSPS) is 23.6. The van der Waals surface area contributed by atoms with Gasteiger partial charge >= 0.3 is 0 Å². The van der Waals surface area contributed by atoms with Crippen molar-refractivity contribution in [2.24, 2.45) is 0 Å². The molecule has 0 aliphatic carbocycles. The predicted molar refractivity (Wildman–Crippen MR) is 85.7 cm³/mol. The fraction of sp³-hybridized carbons (Fsp3) is 0.533. The summed E-state index contributed by atoms with van der Waals surface area (Å²) in [5.74, 6) is -0.0785. The summed E-state index contributed by atoms with van der Waals surface area (Å²) in [6, 6.07) is 8.27. The van der Waals surface area contributed by atoms with Crippen molar-refractivity contribution < 1.29 is 4.79 Å². The van der Waals surface area contributed by atoms with Crippen LogP contribution in [0.1, 0.15) is 38.2 Å². The standard InChI is InChI=1S/C15H21ClN2O.ClH/c1-10-8-14(6-7-17-10)18-15(19)11(2)12-4-3-5-13(16)9-12;/h3-5,9-11,14,17H,6-8H2,1-2H3,(H,18,19);1H. The second kappa shape index (κ2) is 7.87. The molecule has 1 saturated heterocycles. The van der Waals surface area contributed by atoms with E-state index in [2.05, 4.69) is 17.6 Å². The molecule has 3 unspecified atom stereocenters. The lowest BCUT2D eigenvalue weighted by Gasteiger charge is -2.29. The van der Waals surface area contributed by atoms with Crippen molar-refractivity contribution >= 4 is 29.9 Å². The Morgan fingerprint density at radius 2 is 2.25 bits per heavy atom. The zero-order valence-electron chi connectivity index (χ0n) is 11.9. The molecule has 0 aromatic heterocycles. The summed E-state index contributed by atoms with van der Waals surface area (Å²) >= 11 is 5.96. The van der Waals surface area contributed by atoms with Crippen LogP contribution in [0.3, 0.4) is 0 Å². The van der Waals surface area contributed by atoms with Gasteiger partial charge in [0, 0.05) is 17.1 Å². The Bertz CT molecular complexity index is 453. The van der Waals surface area contributed by atoms with E-state index in [1.165, 1.54) is 0 Å². The molecule has 1 fully saturated rings. The Balaban J connectivity index is 0.00000200. The first kappa shape index (κ1) is 17.3. The van der Waals surface area contributed by atoms with Gasteiger partial charge in [-0.15, -0.1) is 12.4 Å². The highest BCUT2D eigenvalue weighted by Gasteiger charge is 2.23. The van der Waals surface area contributed by atoms with Gasteiger partial charge < -0.3 is 10.6 Å². The highest BCUT2D eigenvalue weighted by Crippen LogP contribution is 2.20. The van der Waals surface area contributed by atoms with Crippen LogP contribution in [0.25, 0.3) is 0 Å². The van der Waals surface area contributed by atoms with Crippen LogP contribution in [0.5, 0.6) is 0 Å². The molecule has 3 nitrogen and oxygen atoms in total. The van der Waals surface area contributed by atoms with Crippen LogP contribution in [0, 0.1) is 0 Å². The zero-order chi connectivity index (χ0) is 13.8. The quantitative estimate of drug-likeness (QED) is 0.899. The number of hydrogen-bond donors (Lipinski definition) is 2. The van der Waals surface area contributed by atoms with Crippen molar-refractivity contribution in [1.82, 2.24) is 10.6 Å². The highest BCUT2D eigenvalue weighted by molar-refractivity contribution is 6.30. The largest absolute Gasteiger partial charge is 0.353 e. The maximum absolute atomic E-state index is 12.3. The Morgan fingerprint density at radius 1 is 1.50 bits per heavy atom. The average Bonchev–Trinajstić information content (AvgIpc) is 2.38. The molecule has 1 aromatic carbocycles. The fourth-order valence-electron chi connectivity index (χ4n) is 2.52. The summed E-state index contributed by atoms with van der Waals surface area (Å²) in [4.78, 5) is 12.3. The van der Waals surface area contributed by atoms with Crippen molar-refractivity contribution in [2.45, 2.75) is 44.7 Å². The summed E-state index contributed by atoms with van der Waals surface area (Å²) in [7, 11) is 0. The van der Waals surface area contributed by atoms with E-state index in [4.69, 9.17) is 11.6 Å². The molecule has 0 bridgehead atoms. The van der Waals surface area contributed by atoms with Gasteiger partial charge in [0.15, 0.2) is 0 Å². The lowest BCUT2D eigenvalue weighted by molar-refractivity contribution is -0.123. The van der Waals surface area contributed by atoms with Gasteiger partial charge in [0.2, 0.25) is 5.91 Å². The minimum absolute atomic E-state index is 0. The van der Waals surface area contributed by atoms with Gasteiger partial charge in [-0.25, -0.2) is 0 Å². The molecule has 1 aliphatic heterocycles. The lowest BCUT2D eigenvalue weighted by atomic mass is 9.97. The van der Waals surface area contributed by atoms with E-state index in [0.717, 1.165) is 24.9 Å². The second-order valence-corrected chi connectivity index (χ2v) is 5.80. The van der Waals surface area contributed by atoms with E-state index in [0.29, 0.717) is 11.1 Å². The summed E-state index contributed by atoms with van der Waals surface area (Å²) in [5.41, 5.74) is 0.965. The molecule has 1 aromatic rings. The molecule has 5 heteroatoms. The van der Waals surface area contributed by atoms with E-state index in [1.807, 2.05) is 31.2 Å². The van der Waals surface area contributed by atoms with Crippen LogP contribution < -0.4 is 10.6 Å². The Kier molecular flexibility index (Phi) is 6.80. The van der Waals surface area contributed by atoms with Crippen molar-refractivity contribution in [3.63, 3.8) is 0 Å². The highest BCUT2D eigenvalue weighted by atomic mass is 35.5. The maximum Gasteiger partial charge on any atom is 0.227 e. The average molecular weight is 317 g/mol. The first-order valence-electron chi connectivity index (χ1n) is 6.85. The number of benzene rings is 1. The molecule has 2 N–H and O–H groups in total. The number of amides is 1. The molecule has 20 heavy (non-hydrogen) atoms. The number of nitrogens with one attached hydrogen (secondary N) is 2. The Labute approximate surface area is 131 Å². The third-order valence-corrected chi connectivity index (χ3v) is 3.95. The van der Waals surface area contributed by atoms with Crippen LogP contribution in [0.15, 0.2) is 24.3 Å². The van der Waals surface area contributed by atoms with Gasteiger partial charge in [-0.3, -0.25) is 4.79 Å². The van der Waals surface area contributed by atoms with Gasteiger partial charge in [-0.2, -0.15) is 0 Å². The smallest absolute Gasteiger partial charge is 0.227 e. The van der Waals surface area contributed by atoms with Crippen molar-refractivity contribution in [3.8, 4) is 0 Å². The van der Waals surface area contributed by atoms with Crippen LogP contribution in [0.4, 0.5) is 0 Å². The Hall–Kier alpha value is -0.770. The molecule has 0 saturated carbocycles. The van der Waals surface area contributed by atoms with E-state index >= 15 is 0 Å². The van der Waals surface area contributed by atoms with Gasteiger partial charge in [-0.1, -0.05) is 23.7 Å². The summed E-state index contributed by atoms with van der Waals surface area (Å²) in [6.45, 7) is 5.04. The monoisotopic (exact) mass is 316 g/mol. The summed E-state index contributed by atoms with van der Waals surface area (Å²) < 4.78 is 0. The summed E-state index contributed by atoms with van der Waals surface area (Å²) in [5, 5.41) is 7.20. The summed E-state index contributed by atoms with van der Waals surface area (Å²) in [6.07, 6.45) is 1.99. The molecular weight excluding hydrogens is 295 g/mol. The van der Waals surface area contributed by atoms with Crippen molar-refractivity contribution in [2.75, 3.05) is 6.54 Å². The number of carbonyl (C=O) groups excluding carboxylic acids is 1. The molecular formula is C15H22Cl2N2O. The van der Waals surface area contributed by atoms with Crippen LogP contribution in [-0.4, -0.2) is 24.5 Å². The number of carbonyl (C=O) groups is 1. The number of hydrogen-bond acceptors (Lipinski definition) is 2. The Morgan fingerprint density at radius 3 is 2.90 bits per heavy atom. The second-order valence-electron chi connectivity index (χ2n) is 5.36. The topological polar surface area (TPSA) is 41.1 Å². The molecule has 2 rings (SSSR count). The number of rotatable bonds is 3. The zero-order valence-corrected chi connectivity index (χ0v) is 13.4. The van der Waals surface area contributed by atoms with Gasteiger partial charge in [-0.05, 0) is 50.9 Å². The maximum atomic E-state index is 12.3. The SMILES string of the molecule is CC1CC(NC(=O)C(C)c2cccc(Cl)c2)CCN1.Cl. The van der Waals surface area contributed by atoms with E-state index < -0.39 is 0 Å². The van der Waals surface area contributed by atoms with E-state index in [-0.39, 0.29) is 30.3 Å². The minimum atomic E-state index is -0.163. The van der Waals surface area contributed by atoms with E-state index in [1.54, 1.807) is 0 Å². The van der Waals surface area contributed by atoms with Crippen LogP contribution >= 0.6 is 24.0 Å². The van der Waals surface area contributed by atoms with Crippen molar-refractivity contribution in [1.29, 1.82) is 0 Å².